The summed E-state index contributed by atoms with van der Waals surface area (Å²) in [5, 5.41) is 11.0. The highest BCUT2D eigenvalue weighted by Crippen LogP contribution is 2.25. The number of nitrogens with zero attached hydrogens (tertiary/aromatic N) is 3. The second-order valence-corrected chi connectivity index (χ2v) is 4.82. The normalized spacial score (nSPS) is 10.8. The predicted molar refractivity (Wildman–Crippen MR) is 76.3 cm³/mol. The summed E-state index contributed by atoms with van der Waals surface area (Å²) in [6.07, 6.45) is 3.61. The lowest BCUT2D eigenvalue weighted by molar-refractivity contribution is -0.384. The van der Waals surface area contributed by atoms with E-state index in [9.17, 15) is 10.1 Å². The lowest BCUT2D eigenvalue weighted by Crippen LogP contribution is -2.10. The third-order valence-electron chi connectivity index (χ3n) is 3.03. The van der Waals surface area contributed by atoms with Crippen molar-refractivity contribution in [3.05, 3.63) is 52.1 Å². The number of nitro groups is 1. The van der Waals surface area contributed by atoms with E-state index in [1.165, 1.54) is 6.07 Å². The molecule has 20 heavy (non-hydrogen) atoms. The molecule has 0 spiro atoms. The number of rotatable bonds is 5. The summed E-state index contributed by atoms with van der Waals surface area (Å²) in [7, 11) is 0. The molecule has 0 saturated heterocycles. The number of imidazole rings is 1. The Morgan fingerprint density at radius 2 is 2.25 bits per heavy atom. The van der Waals surface area contributed by atoms with E-state index in [2.05, 4.69) is 24.3 Å². The van der Waals surface area contributed by atoms with Crippen molar-refractivity contribution in [1.29, 1.82) is 0 Å². The highest BCUT2D eigenvalue weighted by Gasteiger charge is 2.15. The number of hydrogen-bond donors (Lipinski definition) is 2. The minimum absolute atomic E-state index is 0.0313. The first-order valence-electron chi connectivity index (χ1n) is 6.28. The van der Waals surface area contributed by atoms with Gasteiger partial charge in [-0.25, -0.2) is 4.98 Å². The van der Waals surface area contributed by atoms with E-state index < -0.39 is 4.92 Å². The van der Waals surface area contributed by atoms with Crippen molar-refractivity contribution in [3.8, 4) is 0 Å². The number of nitro benzene ring substituents is 1. The minimum Gasteiger partial charge on any atom is -0.330 e. The second-order valence-electron chi connectivity index (χ2n) is 4.82. The maximum Gasteiger partial charge on any atom is 0.293 e. The van der Waals surface area contributed by atoms with Gasteiger partial charge >= 0.3 is 0 Å². The van der Waals surface area contributed by atoms with Crippen molar-refractivity contribution in [3.63, 3.8) is 0 Å². The van der Waals surface area contributed by atoms with E-state index in [1.807, 2.05) is 16.8 Å². The van der Waals surface area contributed by atoms with E-state index >= 15 is 0 Å². The molecular weight excluding hydrogens is 258 g/mol. The van der Waals surface area contributed by atoms with Crippen molar-refractivity contribution in [2.75, 3.05) is 5.43 Å². The molecule has 1 aromatic heterocycles. The van der Waals surface area contributed by atoms with Gasteiger partial charge in [0.2, 0.25) is 0 Å². The molecular formula is C13H17N5O2. The summed E-state index contributed by atoms with van der Waals surface area (Å²) in [4.78, 5) is 14.9. The van der Waals surface area contributed by atoms with Gasteiger partial charge < -0.3 is 9.99 Å². The molecule has 0 amide bonds. The number of anilines is 1. The topological polar surface area (TPSA) is 99.0 Å². The van der Waals surface area contributed by atoms with Gasteiger partial charge in [-0.15, -0.1) is 0 Å². The average Bonchev–Trinajstić information content (AvgIpc) is 2.87. The first kappa shape index (κ1) is 14.0. The highest BCUT2D eigenvalue weighted by atomic mass is 16.6. The Kier molecular flexibility index (Phi) is 3.99. The largest absolute Gasteiger partial charge is 0.330 e. The van der Waals surface area contributed by atoms with Crippen molar-refractivity contribution >= 4 is 11.4 Å². The number of nitrogens with one attached hydrogen (secondary N) is 1. The fourth-order valence-corrected chi connectivity index (χ4v) is 2.10. The Hall–Kier alpha value is -2.41. The van der Waals surface area contributed by atoms with Crippen molar-refractivity contribution in [2.45, 2.75) is 26.3 Å². The smallest absolute Gasteiger partial charge is 0.293 e. The summed E-state index contributed by atoms with van der Waals surface area (Å²) >= 11 is 0. The molecule has 1 heterocycles. The number of nitrogens with two attached hydrogens (primary N) is 1. The molecule has 0 bridgehead atoms. The molecule has 7 heteroatoms. The highest BCUT2D eigenvalue weighted by molar-refractivity contribution is 5.61. The molecule has 0 unspecified atom stereocenters. The van der Waals surface area contributed by atoms with Gasteiger partial charge in [-0.1, -0.05) is 19.9 Å². The predicted octanol–water partition coefficient (Wildman–Crippen LogP) is 2.25. The van der Waals surface area contributed by atoms with Crippen LogP contribution in [0.4, 0.5) is 11.4 Å². The molecule has 0 saturated carbocycles. The molecule has 0 aliphatic heterocycles. The van der Waals surface area contributed by atoms with Crippen LogP contribution < -0.4 is 11.3 Å². The van der Waals surface area contributed by atoms with Crippen LogP contribution in [0.15, 0.2) is 30.6 Å². The lowest BCUT2D eigenvalue weighted by atomic mass is 10.1. The van der Waals surface area contributed by atoms with E-state index in [-0.39, 0.29) is 5.69 Å². The fourth-order valence-electron chi connectivity index (χ4n) is 2.10. The third kappa shape index (κ3) is 2.77. The number of hydrazine groups is 1. The van der Waals surface area contributed by atoms with Gasteiger partial charge in [0.1, 0.15) is 11.5 Å². The minimum atomic E-state index is -0.448. The van der Waals surface area contributed by atoms with Crippen LogP contribution in [0, 0.1) is 10.1 Å². The van der Waals surface area contributed by atoms with Crippen LogP contribution in [-0.2, 0) is 6.54 Å². The van der Waals surface area contributed by atoms with E-state index in [4.69, 9.17) is 5.84 Å². The molecule has 106 valence electrons. The van der Waals surface area contributed by atoms with Gasteiger partial charge in [0, 0.05) is 30.9 Å². The van der Waals surface area contributed by atoms with Crippen LogP contribution in [-0.4, -0.2) is 14.5 Å². The molecule has 0 fully saturated rings. The summed E-state index contributed by atoms with van der Waals surface area (Å²) in [5.74, 6) is 6.52. The molecule has 0 aliphatic carbocycles. The van der Waals surface area contributed by atoms with Crippen LogP contribution >= 0.6 is 0 Å². The number of nitrogen functional groups attached to an aromatic ring is 1. The third-order valence-corrected chi connectivity index (χ3v) is 3.03. The van der Waals surface area contributed by atoms with Crippen LogP contribution in [0.1, 0.15) is 31.2 Å². The van der Waals surface area contributed by atoms with Crippen molar-refractivity contribution in [2.24, 2.45) is 5.84 Å². The monoisotopic (exact) mass is 275 g/mol. The zero-order valence-electron chi connectivity index (χ0n) is 11.4. The zero-order valence-corrected chi connectivity index (χ0v) is 11.4. The van der Waals surface area contributed by atoms with Crippen LogP contribution in [0.5, 0.6) is 0 Å². The Morgan fingerprint density at radius 3 is 2.85 bits per heavy atom. The van der Waals surface area contributed by atoms with Crippen molar-refractivity contribution < 1.29 is 4.92 Å². The molecule has 3 N–H and O–H groups in total. The summed E-state index contributed by atoms with van der Waals surface area (Å²) in [5.41, 5.74) is 3.43. The fraction of sp³-hybridized carbons (Fsp3) is 0.308. The number of benzene rings is 1. The first-order chi connectivity index (χ1) is 9.52. The molecule has 7 nitrogen and oxygen atoms in total. The van der Waals surface area contributed by atoms with Gasteiger partial charge in [-0.3, -0.25) is 16.0 Å². The maximum atomic E-state index is 11.0. The Balaban J connectivity index is 2.32. The van der Waals surface area contributed by atoms with Gasteiger partial charge in [0.25, 0.3) is 5.69 Å². The standard InChI is InChI=1S/C13H17N5O2/c1-9(2)13-15-5-6-17(13)8-10-3-4-11(16-14)12(7-10)18(19)20/h3-7,9,16H,8,14H2,1-2H3. The Bertz CT molecular complexity index is 621. The molecule has 0 atom stereocenters. The van der Waals surface area contributed by atoms with E-state index in [1.54, 1.807) is 12.3 Å². The molecule has 0 aliphatic rings. The molecule has 2 aromatic rings. The van der Waals surface area contributed by atoms with Gasteiger partial charge in [0.05, 0.1) is 4.92 Å². The first-order valence-corrected chi connectivity index (χ1v) is 6.28. The Morgan fingerprint density at radius 1 is 1.50 bits per heavy atom. The number of hydrogen-bond acceptors (Lipinski definition) is 5. The van der Waals surface area contributed by atoms with Gasteiger partial charge in [-0.05, 0) is 11.6 Å². The summed E-state index contributed by atoms with van der Waals surface area (Å²) in [6, 6.07) is 4.95. The second kappa shape index (κ2) is 5.70. The molecule has 2 rings (SSSR count). The summed E-state index contributed by atoms with van der Waals surface area (Å²) < 4.78 is 1.99. The molecule has 0 radical (unpaired) electrons. The Labute approximate surface area is 116 Å². The van der Waals surface area contributed by atoms with E-state index in [0.29, 0.717) is 18.2 Å². The summed E-state index contributed by atoms with van der Waals surface area (Å²) in [6.45, 7) is 4.66. The van der Waals surface area contributed by atoms with E-state index in [0.717, 1.165) is 11.4 Å². The average molecular weight is 275 g/mol. The molecule has 1 aromatic carbocycles. The van der Waals surface area contributed by atoms with Crippen LogP contribution in [0.3, 0.4) is 0 Å². The number of aromatic nitrogens is 2. The zero-order chi connectivity index (χ0) is 14.7. The maximum absolute atomic E-state index is 11.0. The van der Waals surface area contributed by atoms with Crippen molar-refractivity contribution in [1.82, 2.24) is 9.55 Å². The lowest BCUT2D eigenvalue weighted by Gasteiger charge is -2.11. The quantitative estimate of drug-likeness (QED) is 0.495. The van der Waals surface area contributed by atoms with Gasteiger partial charge in [0.15, 0.2) is 0 Å². The SMILES string of the molecule is CC(C)c1nccn1Cc1ccc(NN)c([N+](=O)[O-])c1. The van der Waals surface area contributed by atoms with Crippen LogP contribution in [0.25, 0.3) is 0 Å². The van der Waals surface area contributed by atoms with Gasteiger partial charge in [-0.2, -0.15) is 0 Å². The van der Waals surface area contributed by atoms with Crippen LogP contribution in [0.2, 0.25) is 0 Å².